The van der Waals surface area contributed by atoms with Crippen LogP contribution in [0.5, 0.6) is 0 Å². The van der Waals surface area contributed by atoms with Crippen LogP contribution in [0.1, 0.15) is 78.6 Å². The van der Waals surface area contributed by atoms with Gasteiger partial charge in [0.1, 0.15) is 0 Å². The molecule has 0 spiro atoms. The van der Waals surface area contributed by atoms with E-state index in [4.69, 9.17) is 11.1 Å². The monoisotopic (exact) mass is 269 g/mol. The van der Waals surface area contributed by atoms with Gasteiger partial charge in [-0.1, -0.05) is 51.9 Å². The first-order valence-corrected chi connectivity index (χ1v) is 8.14. The van der Waals surface area contributed by atoms with E-state index in [2.05, 4.69) is 25.7 Å². The molecular weight excluding hydrogens is 234 g/mol. The van der Waals surface area contributed by atoms with E-state index >= 15 is 0 Å². The molecular formula is C16H35N3. The van der Waals surface area contributed by atoms with Gasteiger partial charge in [0.05, 0.1) is 5.84 Å². The molecule has 0 rings (SSSR count). The predicted molar refractivity (Wildman–Crippen MR) is 85.9 cm³/mol. The third-order valence-corrected chi connectivity index (χ3v) is 3.70. The summed E-state index contributed by atoms with van der Waals surface area (Å²) in [5.41, 5.74) is 5.43. The minimum absolute atomic E-state index is 0.307. The fourth-order valence-corrected chi connectivity index (χ4v) is 2.34. The van der Waals surface area contributed by atoms with Gasteiger partial charge in [-0.25, -0.2) is 0 Å². The van der Waals surface area contributed by atoms with Crippen molar-refractivity contribution in [1.82, 2.24) is 4.90 Å². The number of amidine groups is 1. The molecule has 0 saturated heterocycles. The summed E-state index contributed by atoms with van der Waals surface area (Å²) >= 11 is 0. The number of unbranched alkanes of at least 4 members (excludes halogenated alkanes) is 7. The molecule has 0 bridgehead atoms. The number of rotatable bonds is 13. The molecule has 0 amide bonds. The Hall–Kier alpha value is -0.570. The molecule has 0 aliphatic heterocycles. The van der Waals surface area contributed by atoms with E-state index in [-0.39, 0.29) is 0 Å². The largest absolute Gasteiger partial charge is 0.388 e. The molecule has 0 aromatic rings. The van der Waals surface area contributed by atoms with Crippen LogP contribution in [0.4, 0.5) is 0 Å². The third-order valence-electron chi connectivity index (χ3n) is 3.70. The van der Waals surface area contributed by atoms with Gasteiger partial charge in [-0.15, -0.1) is 0 Å². The summed E-state index contributed by atoms with van der Waals surface area (Å²) in [5, 5.41) is 7.30. The highest BCUT2D eigenvalue weighted by atomic mass is 15.1. The molecule has 0 heterocycles. The van der Waals surface area contributed by atoms with Crippen molar-refractivity contribution < 1.29 is 0 Å². The lowest BCUT2D eigenvalue weighted by Crippen LogP contribution is -2.34. The van der Waals surface area contributed by atoms with Crippen LogP contribution in [0.2, 0.25) is 0 Å². The van der Waals surface area contributed by atoms with Crippen molar-refractivity contribution in [2.75, 3.05) is 13.1 Å². The molecule has 19 heavy (non-hydrogen) atoms. The Morgan fingerprint density at radius 2 is 1.47 bits per heavy atom. The first-order valence-electron chi connectivity index (χ1n) is 8.14. The number of nitrogens with two attached hydrogens (primary N) is 1. The van der Waals surface area contributed by atoms with Crippen molar-refractivity contribution in [3.8, 4) is 0 Å². The van der Waals surface area contributed by atoms with Crippen LogP contribution >= 0.6 is 0 Å². The number of nitrogens with zero attached hydrogens (tertiary/aromatic N) is 1. The highest BCUT2D eigenvalue weighted by Gasteiger charge is 2.08. The maximum atomic E-state index is 7.30. The van der Waals surface area contributed by atoms with Crippen LogP contribution in [0.3, 0.4) is 0 Å². The summed E-state index contributed by atoms with van der Waals surface area (Å²) in [7, 11) is 0. The van der Waals surface area contributed by atoms with Gasteiger partial charge in [-0.05, 0) is 26.8 Å². The fraction of sp³-hybridized carbons (Fsp3) is 0.938. The van der Waals surface area contributed by atoms with Crippen molar-refractivity contribution in [3.05, 3.63) is 0 Å². The zero-order chi connectivity index (χ0) is 14.5. The summed E-state index contributed by atoms with van der Waals surface area (Å²) in [5.74, 6) is 0.307. The molecule has 3 N–H and O–H groups in total. The summed E-state index contributed by atoms with van der Waals surface area (Å²) < 4.78 is 0. The van der Waals surface area contributed by atoms with Gasteiger partial charge in [0.15, 0.2) is 0 Å². The minimum atomic E-state index is 0.307. The van der Waals surface area contributed by atoms with Crippen molar-refractivity contribution in [1.29, 1.82) is 5.41 Å². The molecule has 0 atom stereocenters. The van der Waals surface area contributed by atoms with E-state index in [0.29, 0.717) is 18.3 Å². The standard InChI is InChI=1S/C16H35N3/c1-4-5-6-7-8-9-10-11-13-19(15(2)3)14-12-16(17)18/h15H,4-14H2,1-3H3,(H3,17,18). The molecule has 114 valence electrons. The van der Waals surface area contributed by atoms with E-state index in [1.165, 1.54) is 51.4 Å². The summed E-state index contributed by atoms with van der Waals surface area (Å²) in [4.78, 5) is 2.44. The van der Waals surface area contributed by atoms with Crippen LogP contribution in [-0.2, 0) is 0 Å². The highest BCUT2D eigenvalue weighted by molar-refractivity contribution is 5.76. The van der Waals surface area contributed by atoms with Gasteiger partial charge in [0.2, 0.25) is 0 Å². The Morgan fingerprint density at radius 3 is 1.95 bits per heavy atom. The maximum Gasteiger partial charge on any atom is 0.0918 e. The van der Waals surface area contributed by atoms with Gasteiger partial charge in [0, 0.05) is 19.0 Å². The van der Waals surface area contributed by atoms with Gasteiger partial charge in [-0.3, -0.25) is 5.41 Å². The number of nitrogens with one attached hydrogen (secondary N) is 1. The van der Waals surface area contributed by atoms with E-state index in [0.717, 1.165) is 13.1 Å². The van der Waals surface area contributed by atoms with Crippen LogP contribution in [0.15, 0.2) is 0 Å². The highest BCUT2D eigenvalue weighted by Crippen LogP contribution is 2.10. The Labute approximate surface area is 120 Å². The average Bonchev–Trinajstić information content (AvgIpc) is 2.35. The SMILES string of the molecule is CCCCCCCCCCN(CCC(=N)N)C(C)C. The fourth-order valence-electron chi connectivity index (χ4n) is 2.34. The average molecular weight is 269 g/mol. The Morgan fingerprint density at radius 1 is 0.947 bits per heavy atom. The molecule has 0 unspecified atom stereocenters. The van der Waals surface area contributed by atoms with Crippen LogP contribution in [0.25, 0.3) is 0 Å². The van der Waals surface area contributed by atoms with Crippen LogP contribution in [-0.4, -0.2) is 29.9 Å². The van der Waals surface area contributed by atoms with Gasteiger partial charge in [-0.2, -0.15) is 0 Å². The van der Waals surface area contributed by atoms with Crippen molar-refractivity contribution in [2.45, 2.75) is 84.6 Å². The molecule has 0 saturated carbocycles. The van der Waals surface area contributed by atoms with E-state index in [9.17, 15) is 0 Å². The number of hydrogen-bond donors (Lipinski definition) is 2. The first kappa shape index (κ1) is 18.4. The van der Waals surface area contributed by atoms with Gasteiger partial charge in [0.25, 0.3) is 0 Å². The molecule has 0 aliphatic rings. The number of hydrogen-bond acceptors (Lipinski definition) is 2. The molecule has 0 aliphatic carbocycles. The van der Waals surface area contributed by atoms with Crippen LogP contribution in [0, 0.1) is 5.41 Å². The Bertz CT molecular complexity index is 214. The zero-order valence-electron chi connectivity index (χ0n) is 13.4. The van der Waals surface area contributed by atoms with E-state index in [1.807, 2.05) is 0 Å². The lowest BCUT2D eigenvalue weighted by molar-refractivity contribution is 0.222. The topological polar surface area (TPSA) is 53.1 Å². The zero-order valence-corrected chi connectivity index (χ0v) is 13.4. The second kappa shape index (κ2) is 12.5. The third kappa shape index (κ3) is 12.2. The Balaban J connectivity index is 3.51. The first-order chi connectivity index (χ1) is 9.07. The van der Waals surface area contributed by atoms with Crippen molar-refractivity contribution in [3.63, 3.8) is 0 Å². The van der Waals surface area contributed by atoms with E-state index < -0.39 is 0 Å². The van der Waals surface area contributed by atoms with Crippen molar-refractivity contribution >= 4 is 5.84 Å². The van der Waals surface area contributed by atoms with Gasteiger partial charge >= 0.3 is 0 Å². The second-order valence-corrected chi connectivity index (χ2v) is 5.88. The minimum Gasteiger partial charge on any atom is -0.388 e. The smallest absolute Gasteiger partial charge is 0.0918 e. The normalized spacial score (nSPS) is 11.4. The quantitative estimate of drug-likeness (QED) is 0.299. The summed E-state index contributed by atoms with van der Waals surface area (Å²) in [6.45, 7) is 8.81. The molecule has 0 radical (unpaired) electrons. The summed E-state index contributed by atoms with van der Waals surface area (Å²) in [6.07, 6.45) is 11.6. The molecule has 0 fully saturated rings. The molecule has 3 nitrogen and oxygen atoms in total. The van der Waals surface area contributed by atoms with Crippen LogP contribution < -0.4 is 5.73 Å². The lowest BCUT2D eigenvalue weighted by Gasteiger charge is -2.26. The predicted octanol–water partition coefficient (Wildman–Crippen LogP) is 4.16. The van der Waals surface area contributed by atoms with E-state index in [1.54, 1.807) is 0 Å². The lowest BCUT2D eigenvalue weighted by atomic mass is 10.1. The maximum absolute atomic E-state index is 7.30. The van der Waals surface area contributed by atoms with Crippen molar-refractivity contribution in [2.24, 2.45) is 5.73 Å². The second-order valence-electron chi connectivity index (χ2n) is 5.88. The molecule has 3 heteroatoms. The molecule has 0 aromatic carbocycles. The Kier molecular flexibility index (Phi) is 12.1. The van der Waals surface area contributed by atoms with Gasteiger partial charge < -0.3 is 10.6 Å². The molecule has 0 aromatic heterocycles. The summed E-state index contributed by atoms with van der Waals surface area (Å²) in [6, 6.07) is 0.559.